The van der Waals surface area contributed by atoms with E-state index in [2.05, 4.69) is 14.3 Å². The maximum absolute atomic E-state index is 12.8. The summed E-state index contributed by atoms with van der Waals surface area (Å²) in [5.41, 5.74) is 3.44. The van der Waals surface area contributed by atoms with Crippen LogP contribution in [0.5, 0.6) is 5.75 Å². The summed E-state index contributed by atoms with van der Waals surface area (Å²) in [6, 6.07) is 12.4. The zero-order chi connectivity index (χ0) is 19.0. The number of nitrogens with one attached hydrogen (secondary N) is 1. The van der Waals surface area contributed by atoms with E-state index in [-0.39, 0.29) is 4.90 Å². The first kappa shape index (κ1) is 17.6. The molecule has 2 heterocycles. The average Bonchev–Trinajstić information content (AvgIpc) is 3.26. The molecule has 0 spiro atoms. The topological polar surface area (TPSA) is 73.2 Å². The quantitative estimate of drug-likeness (QED) is 0.730. The van der Waals surface area contributed by atoms with Crippen LogP contribution in [0, 0.1) is 6.92 Å². The first-order chi connectivity index (χ1) is 13.0. The van der Waals surface area contributed by atoms with E-state index in [9.17, 15) is 8.42 Å². The summed E-state index contributed by atoms with van der Waals surface area (Å²) in [4.78, 5) is 4.59. The number of anilines is 1. The first-order valence-corrected chi connectivity index (χ1v) is 10.3. The van der Waals surface area contributed by atoms with Crippen LogP contribution >= 0.6 is 0 Å². The third-order valence-corrected chi connectivity index (χ3v) is 6.16. The Balaban J connectivity index is 1.61. The minimum atomic E-state index is -3.75. The van der Waals surface area contributed by atoms with Gasteiger partial charge in [0.2, 0.25) is 0 Å². The van der Waals surface area contributed by atoms with Crippen molar-refractivity contribution in [2.45, 2.75) is 31.2 Å². The predicted molar refractivity (Wildman–Crippen MR) is 105 cm³/mol. The molecule has 1 aliphatic rings. The Morgan fingerprint density at radius 2 is 1.93 bits per heavy atom. The number of rotatable bonds is 5. The number of nitrogens with zero attached hydrogens (tertiary/aromatic N) is 2. The van der Waals surface area contributed by atoms with E-state index in [4.69, 9.17) is 4.74 Å². The average molecular weight is 383 g/mol. The Morgan fingerprint density at radius 1 is 1.15 bits per heavy atom. The van der Waals surface area contributed by atoms with Gasteiger partial charge in [0.05, 0.1) is 19.0 Å². The summed E-state index contributed by atoms with van der Waals surface area (Å²) in [7, 11) is -2.29. The maximum Gasteiger partial charge on any atom is 0.265 e. The van der Waals surface area contributed by atoms with Crippen molar-refractivity contribution in [2.75, 3.05) is 11.8 Å². The predicted octanol–water partition coefficient (Wildman–Crippen LogP) is 3.61. The number of hydrogen-bond donors (Lipinski definition) is 1. The third-order valence-electron chi connectivity index (χ3n) is 4.76. The number of aryl methyl sites for hydroxylation is 2. The number of imidazole rings is 1. The highest BCUT2D eigenvalue weighted by Gasteiger charge is 2.20. The highest BCUT2D eigenvalue weighted by Crippen LogP contribution is 2.29. The van der Waals surface area contributed by atoms with Crippen molar-refractivity contribution in [2.24, 2.45) is 0 Å². The molecule has 0 saturated carbocycles. The van der Waals surface area contributed by atoms with Crippen molar-refractivity contribution in [3.8, 4) is 17.0 Å². The van der Waals surface area contributed by atoms with Gasteiger partial charge in [-0.3, -0.25) is 4.72 Å². The highest BCUT2D eigenvalue weighted by atomic mass is 32.2. The molecular formula is C20H21N3O3S. The summed E-state index contributed by atoms with van der Waals surface area (Å²) in [6.07, 6.45) is 4.01. The second kappa shape index (κ2) is 6.74. The van der Waals surface area contributed by atoms with Gasteiger partial charge >= 0.3 is 0 Å². The Hall–Kier alpha value is -2.80. The van der Waals surface area contributed by atoms with Gasteiger partial charge in [0, 0.05) is 18.7 Å². The number of ether oxygens (including phenoxy) is 1. The monoisotopic (exact) mass is 383 g/mol. The number of hydrogen-bond acceptors (Lipinski definition) is 4. The fraction of sp³-hybridized carbons (Fsp3) is 0.250. The van der Waals surface area contributed by atoms with Crippen LogP contribution in [0.25, 0.3) is 11.3 Å². The fourth-order valence-corrected chi connectivity index (χ4v) is 4.72. The van der Waals surface area contributed by atoms with Crippen molar-refractivity contribution in [3.05, 3.63) is 60.0 Å². The molecular weight excluding hydrogens is 362 g/mol. The molecule has 1 aliphatic heterocycles. The molecule has 0 fully saturated rings. The van der Waals surface area contributed by atoms with Crippen molar-refractivity contribution >= 4 is 15.7 Å². The summed E-state index contributed by atoms with van der Waals surface area (Å²) in [5, 5.41) is 0. The smallest absolute Gasteiger partial charge is 0.265 e. The molecule has 140 valence electrons. The third kappa shape index (κ3) is 3.30. The zero-order valence-electron chi connectivity index (χ0n) is 15.3. The van der Waals surface area contributed by atoms with Gasteiger partial charge in [-0.2, -0.15) is 0 Å². The van der Waals surface area contributed by atoms with E-state index in [1.807, 2.05) is 31.3 Å². The summed E-state index contributed by atoms with van der Waals surface area (Å²) in [6.45, 7) is 2.82. The van der Waals surface area contributed by atoms with Gasteiger partial charge in [-0.05, 0) is 48.7 Å². The standard InChI is InChI=1S/C20H21N3O3S/c1-14-5-10-18(26-2)19(12-14)27(24,25)22-16-8-6-15(7-9-16)17-13-21-20-4-3-11-23(17)20/h5-10,12-13,22H,3-4,11H2,1-2H3. The van der Waals surface area contributed by atoms with Crippen molar-refractivity contribution < 1.29 is 13.2 Å². The largest absolute Gasteiger partial charge is 0.495 e. The van der Waals surface area contributed by atoms with E-state index in [0.717, 1.165) is 42.0 Å². The van der Waals surface area contributed by atoms with E-state index in [1.165, 1.54) is 7.11 Å². The minimum Gasteiger partial charge on any atom is -0.495 e. The van der Waals surface area contributed by atoms with Gasteiger partial charge in [-0.15, -0.1) is 0 Å². The number of benzene rings is 2. The molecule has 0 amide bonds. The lowest BCUT2D eigenvalue weighted by Gasteiger charge is -2.13. The molecule has 0 unspecified atom stereocenters. The normalized spacial score (nSPS) is 13.4. The SMILES string of the molecule is COc1ccc(C)cc1S(=O)(=O)Nc1ccc(-c2cnc3n2CCC3)cc1. The zero-order valence-corrected chi connectivity index (χ0v) is 16.1. The van der Waals surface area contributed by atoms with Crippen LogP contribution in [0.1, 0.15) is 17.8 Å². The van der Waals surface area contributed by atoms with E-state index < -0.39 is 10.0 Å². The number of sulfonamides is 1. The lowest BCUT2D eigenvalue weighted by Crippen LogP contribution is -2.14. The fourth-order valence-electron chi connectivity index (χ4n) is 3.40. The Bertz CT molecular complexity index is 1090. The highest BCUT2D eigenvalue weighted by molar-refractivity contribution is 7.92. The van der Waals surface area contributed by atoms with Gasteiger partial charge in [-0.1, -0.05) is 18.2 Å². The van der Waals surface area contributed by atoms with Crippen molar-refractivity contribution in [1.82, 2.24) is 9.55 Å². The van der Waals surface area contributed by atoms with Crippen LogP contribution in [-0.2, 0) is 23.0 Å². The number of fused-ring (bicyclic) bond motifs is 1. The van der Waals surface area contributed by atoms with Crippen LogP contribution < -0.4 is 9.46 Å². The van der Waals surface area contributed by atoms with Gasteiger partial charge in [-0.25, -0.2) is 13.4 Å². The number of aromatic nitrogens is 2. The molecule has 0 saturated heterocycles. The Kier molecular flexibility index (Phi) is 4.39. The summed E-state index contributed by atoms with van der Waals surface area (Å²) >= 11 is 0. The molecule has 3 aromatic rings. The van der Waals surface area contributed by atoms with Crippen LogP contribution in [0.15, 0.2) is 53.6 Å². The van der Waals surface area contributed by atoms with Gasteiger partial charge < -0.3 is 9.30 Å². The molecule has 27 heavy (non-hydrogen) atoms. The van der Waals surface area contributed by atoms with Gasteiger partial charge in [0.1, 0.15) is 16.5 Å². The number of methoxy groups -OCH3 is 1. The molecule has 2 aromatic carbocycles. The molecule has 6 nitrogen and oxygen atoms in total. The Labute approximate surface area is 158 Å². The summed E-state index contributed by atoms with van der Waals surface area (Å²) in [5.74, 6) is 1.43. The molecule has 0 atom stereocenters. The molecule has 0 bridgehead atoms. The first-order valence-electron chi connectivity index (χ1n) is 8.80. The van der Waals surface area contributed by atoms with Crippen molar-refractivity contribution in [3.63, 3.8) is 0 Å². The maximum atomic E-state index is 12.8. The van der Waals surface area contributed by atoms with Crippen LogP contribution in [0.4, 0.5) is 5.69 Å². The lowest BCUT2D eigenvalue weighted by molar-refractivity contribution is 0.402. The van der Waals surface area contributed by atoms with Gasteiger partial charge in [0.15, 0.2) is 0 Å². The van der Waals surface area contributed by atoms with Crippen LogP contribution in [0.2, 0.25) is 0 Å². The van der Waals surface area contributed by atoms with Crippen LogP contribution in [-0.4, -0.2) is 25.1 Å². The minimum absolute atomic E-state index is 0.127. The second-order valence-electron chi connectivity index (χ2n) is 6.65. The van der Waals surface area contributed by atoms with Crippen molar-refractivity contribution in [1.29, 1.82) is 0 Å². The molecule has 1 N–H and O–H groups in total. The van der Waals surface area contributed by atoms with E-state index in [0.29, 0.717) is 11.4 Å². The Morgan fingerprint density at radius 3 is 2.67 bits per heavy atom. The molecule has 1 aromatic heterocycles. The molecule has 7 heteroatoms. The molecule has 4 rings (SSSR count). The summed E-state index contributed by atoms with van der Waals surface area (Å²) < 4.78 is 35.6. The molecule has 0 aliphatic carbocycles. The molecule has 0 radical (unpaired) electrons. The lowest BCUT2D eigenvalue weighted by atomic mass is 10.1. The second-order valence-corrected chi connectivity index (χ2v) is 8.30. The van der Waals surface area contributed by atoms with E-state index >= 15 is 0 Å². The van der Waals surface area contributed by atoms with E-state index in [1.54, 1.807) is 24.3 Å². The van der Waals surface area contributed by atoms with Crippen LogP contribution in [0.3, 0.4) is 0 Å². The van der Waals surface area contributed by atoms with Gasteiger partial charge in [0.25, 0.3) is 10.0 Å².